The molecule has 3 N–H and O–H groups in total. The van der Waals surface area contributed by atoms with Crippen LogP contribution in [0.3, 0.4) is 0 Å². The second-order valence-corrected chi connectivity index (χ2v) is 5.39. The molecule has 0 spiro atoms. The van der Waals surface area contributed by atoms with E-state index in [1.165, 1.54) is 0 Å². The average molecular weight is 281 g/mol. The van der Waals surface area contributed by atoms with Crippen LogP contribution in [-0.2, 0) is 7.05 Å². The average Bonchev–Trinajstić information content (AvgIpc) is 2.68. The molecule has 0 aliphatic rings. The highest BCUT2D eigenvalue weighted by Crippen LogP contribution is 2.25. The van der Waals surface area contributed by atoms with Gasteiger partial charge >= 0.3 is 0 Å². The Labute approximate surface area is 120 Å². The zero-order valence-corrected chi connectivity index (χ0v) is 12.9. The number of nitrogen functional groups attached to an aromatic ring is 1. The van der Waals surface area contributed by atoms with Gasteiger partial charge in [0, 0.05) is 18.1 Å². The Morgan fingerprint density at radius 3 is 2.63 bits per heavy atom. The smallest absolute Gasteiger partial charge is 0.268 e. The predicted molar refractivity (Wildman–Crippen MR) is 83.3 cm³/mol. The number of allylic oxidation sites excluding steroid dienone is 1. The molecule has 106 valence electrons. The normalized spacial score (nSPS) is 15.1. The van der Waals surface area contributed by atoms with Gasteiger partial charge in [-0.2, -0.15) is 0 Å². The van der Waals surface area contributed by atoms with Gasteiger partial charge in [-0.15, -0.1) is 12.6 Å². The molecule has 1 unspecified atom stereocenters. The topological polar surface area (TPSA) is 60.1 Å². The second kappa shape index (κ2) is 6.19. The number of rotatable bonds is 5. The number of carbonyl (C=O) groups excluding carboxylic acids is 1. The third kappa shape index (κ3) is 3.56. The summed E-state index contributed by atoms with van der Waals surface area (Å²) in [7, 11) is 1.80. The van der Waals surface area contributed by atoms with Crippen LogP contribution in [0.2, 0.25) is 0 Å². The van der Waals surface area contributed by atoms with Crippen LogP contribution in [0.4, 0.5) is 5.69 Å². The largest absolute Gasteiger partial charge is 0.397 e. The first-order valence-corrected chi connectivity index (χ1v) is 6.92. The lowest BCUT2D eigenvalue weighted by Gasteiger charge is -2.30. The van der Waals surface area contributed by atoms with Gasteiger partial charge < -0.3 is 15.6 Å². The van der Waals surface area contributed by atoms with Crippen LogP contribution >= 0.6 is 12.6 Å². The molecule has 4 nitrogen and oxygen atoms in total. The zero-order valence-electron chi connectivity index (χ0n) is 12.0. The summed E-state index contributed by atoms with van der Waals surface area (Å²) in [5, 5.41) is 3.04. The third-order valence-electron chi connectivity index (χ3n) is 3.32. The van der Waals surface area contributed by atoms with Crippen LogP contribution in [0.1, 0.15) is 44.1 Å². The van der Waals surface area contributed by atoms with Gasteiger partial charge in [0.25, 0.3) is 5.91 Å². The van der Waals surface area contributed by atoms with Gasteiger partial charge in [0.15, 0.2) is 0 Å². The summed E-state index contributed by atoms with van der Waals surface area (Å²) in [5.74, 6) is -0.139. The van der Waals surface area contributed by atoms with Crippen molar-refractivity contribution in [2.24, 2.45) is 7.05 Å². The first-order valence-electron chi connectivity index (χ1n) is 6.48. The number of nitrogens with two attached hydrogens (primary N) is 1. The summed E-state index contributed by atoms with van der Waals surface area (Å²) in [6.45, 7) is 6.05. The number of aromatic nitrogens is 1. The number of hydrogen-bond acceptors (Lipinski definition) is 3. The number of carbonyl (C=O) groups is 1. The van der Waals surface area contributed by atoms with Crippen molar-refractivity contribution in [3.8, 4) is 0 Å². The van der Waals surface area contributed by atoms with Crippen LogP contribution < -0.4 is 11.1 Å². The molecule has 1 heterocycles. The molecule has 5 heteroatoms. The van der Waals surface area contributed by atoms with Gasteiger partial charge in [-0.05, 0) is 25.8 Å². The number of nitrogens with zero attached hydrogens (tertiary/aromatic N) is 1. The number of nitrogens with one attached hydrogen (secondary N) is 1. The number of amides is 1. The highest BCUT2D eigenvalue weighted by molar-refractivity contribution is 7.84. The van der Waals surface area contributed by atoms with Crippen LogP contribution in [-0.4, -0.2) is 16.0 Å². The third-order valence-corrected chi connectivity index (χ3v) is 3.99. The molecule has 1 rings (SSSR count). The van der Waals surface area contributed by atoms with Crippen molar-refractivity contribution in [3.05, 3.63) is 28.9 Å². The minimum atomic E-state index is -0.449. The summed E-state index contributed by atoms with van der Waals surface area (Å²) in [5.41, 5.74) is 6.38. The molecule has 0 saturated heterocycles. The molecule has 1 aromatic rings. The van der Waals surface area contributed by atoms with Crippen molar-refractivity contribution >= 4 is 24.2 Å². The predicted octanol–water partition coefficient (Wildman–Crippen LogP) is 2.73. The zero-order chi connectivity index (χ0) is 14.6. The van der Waals surface area contributed by atoms with Crippen LogP contribution in [0.15, 0.2) is 23.2 Å². The molecule has 0 radical (unpaired) electrons. The first kappa shape index (κ1) is 15.7. The SMILES string of the molecule is CC/C=C(/S)C(C)(CC)NC(=O)c1cc(N)cn1C. The minimum Gasteiger partial charge on any atom is -0.397 e. The van der Waals surface area contributed by atoms with Gasteiger partial charge in [-0.3, -0.25) is 4.79 Å². The molecular weight excluding hydrogens is 258 g/mol. The molecule has 0 fully saturated rings. The molecule has 0 aliphatic carbocycles. The highest BCUT2D eigenvalue weighted by atomic mass is 32.1. The molecule has 0 bridgehead atoms. The van der Waals surface area contributed by atoms with Crippen molar-refractivity contribution < 1.29 is 4.79 Å². The molecule has 1 amide bonds. The lowest BCUT2D eigenvalue weighted by atomic mass is 9.97. The van der Waals surface area contributed by atoms with Crippen molar-refractivity contribution in [3.63, 3.8) is 0 Å². The molecule has 0 aromatic carbocycles. The Morgan fingerprint density at radius 1 is 1.58 bits per heavy atom. The maximum atomic E-state index is 12.3. The number of anilines is 1. The van der Waals surface area contributed by atoms with Gasteiger partial charge in [-0.25, -0.2) is 0 Å². The van der Waals surface area contributed by atoms with E-state index in [2.05, 4.69) is 17.9 Å². The monoisotopic (exact) mass is 281 g/mol. The number of thiol groups is 1. The molecule has 0 saturated carbocycles. The van der Waals surface area contributed by atoms with Crippen molar-refractivity contribution in [2.75, 3.05) is 5.73 Å². The summed E-state index contributed by atoms with van der Waals surface area (Å²) < 4.78 is 1.72. The Hall–Kier alpha value is -1.36. The van der Waals surface area contributed by atoms with Crippen molar-refractivity contribution in [2.45, 2.75) is 39.2 Å². The van der Waals surface area contributed by atoms with Crippen molar-refractivity contribution in [1.29, 1.82) is 0 Å². The fourth-order valence-corrected chi connectivity index (χ4v) is 2.28. The number of hydrogen-bond donors (Lipinski definition) is 3. The molecule has 19 heavy (non-hydrogen) atoms. The summed E-state index contributed by atoms with van der Waals surface area (Å²) in [4.78, 5) is 13.2. The van der Waals surface area contributed by atoms with E-state index in [0.29, 0.717) is 11.4 Å². The van der Waals surface area contributed by atoms with Crippen LogP contribution in [0.5, 0.6) is 0 Å². The van der Waals surface area contributed by atoms with Crippen LogP contribution in [0, 0.1) is 0 Å². The lowest BCUT2D eigenvalue weighted by Crippen LogP contribution is -2.46. The fourth-order valence-electron chi connectivity index (χ4n) is 1.88. The van der Waals surface area contributed by atoms with E-state index >= 15 is 0 Å². The fraction of sp³-hybridized carbons (Fsp3) is 0.500. The van der Waals surface area contributed by atoms with Gasteiger partial charge in [0.2, 0.25) is 0 Å². The standard InChI is InChI=1S/C14H23N3OS/c1-5-7-12(19)14(3,6-2)16-13(18)11-8-10(15)9-17(11)4/h7-9,19H,5-6,15H2,1-4H3,(H,16,18)/b12-7+. The van der Waals surface area contributed by atoms with Gasteiger partial charge in [0.1, 0.15) is 5.69 Å². The van der Waals surface area contributed by atoms with Gasteiger partial charge in [-0.1, -0.05) is 19.9 Å². The lowest BCUT2D eigenvalue weighted by molar-refractivity contribution is 0.0911. The van der Waals surface area contributed by atoms with E-state index in [-0.39, 0.29) is 5.91 Å². The van der Waals surface area contributed by atoms with E-state index in [1.54, 1.807) is 23.9 Å². The quantitative estimate of drug-likeness (QED) is 0.727. The van der Waals surface area contributed by atoms with Gasteiger partial charge in [0.05, 0.1) is 11.2 Å². The van der Waals surface area contributed by atoms with E-state index in [9.17, 15) is 4.79 Å². The van der Waals surface area contributed by atoms with Crippen LogP contribution in [0.25, 0.3) is 0 Å². The van der Waals surface area contributed by atoms with E-state index in [1.807, 2.05) is 26.8 Å². The first-order chi connectivity index (χ1) is 8.84. The molecule has 0 aliphatic heterocycles. The van der Waals surface area contributed by atoms with E-state index in [4.69, 9.17) is 5.73 Å². The Kier molecular flexibility index (Phi) is 5.11. The molecule has 1 atom stereocenters. The molecular formula is C14H23N3OS. The summed E-state index contributed by atoms with van der Waals surface area (Å²) >= 11 is 4.50. The second-order valence-electron chi connectivity index (χ2n) is 4.91. The number of aryl methyl sites for hydroxylation is 1. The van der Waals surface area contributed by atoms with E-state index < -0.39 is 5.54 Å². The maximum absolute atomic E-state index is 12.3. The van der Waals surface area contributed by atoms with Crippen molar-refractivity contribution in [1.82, 2.24) is 9.88 Å². The molecule has 1 aromatic heterocycles. The van der Waals surface area contributed by atoms with E-state index in [0.717, 1.165) is 17.7 Å². The maximum Gasteiger partial charge on any atom is 0.268 e. The Bertz CT molecular complexity index is 493. The summed E-state index contributed by atoms with van der Waals surface area (Å²) in [6.07, 6.45) is 5.41. The summed E-state index contributed by atoms with van der Waals surface area (Å²) in [6, 6.07) is 1.67. The Balaban J connectivity index is 2.96. The Morgan fingerprint density at radius 2 is 2.21 bits per heavy atom. The minimum absolute atomic E-state index is 0.139. The highest BCUT2D eigenvalue weighted by Gasteiger charge is 2.28.